The third-order valence-electron chi connectivity index (χ3n) is 3.26. The number of hydrogen-bond donors (Lipinski definition) is 1. The second-order valence-electron chi connectivity index (χ2n) is 5.89. The first-order valence-electron chi connectivity index (χ1n) is 7.08. The second-order valence-corrected chi connectivity index (χ2v) is 5.89. The minimum atomic E-state index is 0.686. The van der Waals surface area contributed by atoms with E-state index in [2.05, 4.69) is 44.3 Å². The van der Waals surface area contributed by atoms with Gasteiger partial charge in [-0.25, -0.2) is 0 Å². The van der Waals surface area contributed by atoms with Gasteiger partial charge < -0.3 is 10.1 Å². The standard InChI is InChI=1S/C16H25NO/c1-12(2)9-17-10-15-8-13(3)4-7-16(15)18-11-14-5-6-14/h4,7-8,12,14,17H,5-6,9-11H2,1-3H3. The van der Waals surface area contributed by atoms with Crippen LogP contribution in [-0.4, -0.2) is 13.2 Å². The summed E-state index contributed by atoms with van der Waals surface area (Å²) in [4.78, 5) is 0. The second kappa shape index (κ2) is 6.24. The predicted octanol–water partition coefficient (Wildman–Crippen LogP) is 3.53. The molecule has 1 aliphatic carbocycles. The molecule has 0 aliphatic heterocycles. The number of aryl methyl sites for hydroxylation is 1. The molecule has 2 rings (SSSR count). The molecule has 1 fully saturated rings. The average Bonchev–Trinajstić information content (AvgIpc) is 3.11. The number of benzene rings is 1. The minimum absolute atomic E-state index is 0.686. The zero-order valence-electron chi connectivity index (χ0n) is 11.8. The molecular weight excluding hydrogens is 222 g/mol. The average molecular weight is 247 g/mol. The van der Waals surface area contributed by atoms with Crippen LogP contribution < -0.4 is 10.1 Å². The Labute approximate surface area is 111 Å². The van der Waals surface area contributed by atoms with Crippen molar-refractivity contribution < 1.29 is 4.74 Å². The molecular formula is C16H25NO. The molecule has 0 heterocycles. The van der Waals surface area contributed by atoms with E-state index in [1.54, 1.807) is 0 Å². The molecule has 0 atom stereocenters. The van der Waals surface area contributed by atoms with Gasteiger partial charge in [-0.15, -0.1) is 0 Å². The zero-order chi connectivity index (χ0) is 13.0. The van der Waals surface area contributed by atoms with Crippen molar-refractivity contribution in [3.63, 3.8) is 0 Å². The number of rotatable bonds is 7. The van der Waals surface area contributed by atoms with Crippen molar-refractivity contribution in [2.45, 2.75) is 40.2 Å². The Hall–Kier alpha value is -1.02. The van der Waals surface area contributed by atoms with Gasteiger partial charge in [0.2, 0.25) is 0 Å². The molecule has 0 aromatic heterocycles. The summed E-state index contributed by atoms with van der Waals surface area (Å²) in [5.41, 5.74) is 2.59. The summed E-state index contributed by atoms with van der Waals surface area (Å²) in [5.74, 6) is 2.55. The van der Waals surface area contributed by atoms with Gasteiger partial charge in [0, 0.05) is 12.1 Å². The SMILES string of the molecule is Cc1ccc(OCC2CC2)c(CNCC(C)C)c1. The fourth-order valence-corrected chi connectivity index (χ4v) is 1.97. The molecule has 0 radical (unpaired) electrons. The van der Waals surface area contributed by atoms with E-state index in [0.29, 0.717) is 5.92 Å². The summed E-state index contributed by atoms with van der Waals surface area (Å²) < 4.78 is 5.93. The van der Waals surface area contributed by atoms with Crippen LogP contribution in [0, 0.1) is 18.8 Å². The van der Waals surface area contributed by atoms with Crippen LogP contribution in [0.4, 0.5) is 0 Å². The molecule has 0 bridgehead atoms. The molecule has 0 amide bonds. The summed E-state index contributed by atoms with van der Waals surface area (Å²) >= 11 is 0. The van der Waals surface area contributed by atoms with E-state index in [1.807, 2.05) is 0 Å². The monoisotopic (exact) mass is 247 g/mol. The normalized spacial score (nSPS) is 15.1. The topological polar surface area (TPSA) is 21.3 Å². The van der Waals surface area contributed by atoms with E-state index in [4.69, 9.17) is 4.74 Å². The number of ether oxygens (including phenoxy) is 1. The fraction of sp³-hybridized carbons (Fsp3) is 0.625. The van der Waals surface area contributed by atoms with Gasteiger partial charge in [0.15, 0.2) is 0 Å². The van der Waals surface area contributed by atoms with E-state index < -0.39 is 0 Å². The first kappa shape index (κ1) is 13.4. The van der Waals surface area contributed by atoms with E-state index >= 15 is 0 Å². The van der Waals surface area contributed by atoms with Crippen LogP contribution in [0.5, 0.6) is 5.75 Å². The molecule has 100 valence electrons. The van der Waals surface area contributed by atoms with Gasteiger partial charge in [-0.05, 0) is 44.2 Å². The summed E-state index contributed by atoms with van der Waals surface area (Å²) in [6.07, 6.45) is 2.68. The molecule has 1 aromatic carbocycles. The van der Waals surface area contributed by atoms with Crippen LogP contribution in [0.3, 0.4) is 0 Å². The Morgan fingerprint density at radius 2 is 2.11 bits per heavy atom. The lowest BCUT2D eigenvalue weighted by molar-refractivity contribution is 0.296. The van der Waals surface area contributed by atoms with Gasteiger partial charge in [0.1, 0.15) is 5.75 Å². The smallest absolute Gasteiger partial charge is 0.123 e. The van der Waals surface area contributed by atoms with Crippen molar-refractivity contribution in [3.05, 3.63) is 29.3 Å². The maximum absolute atomic E-state index is 5.93. The first-order chi connectivity index (χ1) is 8.65. The molecule has 0 spiro atoms. The van der Waals surface area contributed by atoms with Crippen LogP contribution >= 0.6 is 0 Å². The van der Waals surface area contributed by atoms with E-state index in [0.717, 1.165) is 31.4 Å². The Morgan fingerprint density at radius 1 is 1.33 bits per heavy atom. The molecule has 0 unspecified atom stereocenters. The minimum Gasteiger partial charge on any atom is -0.493 e. The van der Waals surface area contributed by atoms with Gasteiger partial charge in [-0.3, -0.25) is 0 Å². The third kappa shape index (κ3) is 4.34. The summed E-state index contributed by atoms with van der Waals surface area (Å²) in [5, 5.41) is 3.49. The van der Waals surface area contributed by atoms with E-state index in [9.17, 15) is 0 Å². The van der Waals surface area contributed by atoms with Crippen molar-refractivity contribution in [1.29, 1.82) is 0 Å². The lowest BCUT2D eigenvalue weighted by atomic mass is 10.1. The van der Waals surface area contributed by atoms with Gasteiger partial charge in [-0.1, -0.05) is 31.5 Å². The Kier molecular flexibility index (Phi) is 4.65. The molecule has 1 aliphatic rings. The lowest BCUT2D eigenvalue weighted by Crippen LogP contribution is -2.19. The highest BCUT2D eigenvalue weighted by molar-refractivity contribution is 5.36. The zero-order valence-corrected chi connectivity index (χ0v) is 11.8. The molecule has 18 heavy (non-hydrogen) atoms. The first-order valence-corrected chi connectivity index (χ1v) is 7.08. The van der Waals surface area contributed by atoms with Crippen molar-refractivity contribution >= 4 is 0 Å². The van der Waals surface area contributed by atoms with E-state index in [-0.39, 0.29) is 0 Å². The highest BCUT2D eigenvalue weighted by Gasteiger charge is 2.22. The number of nitrogens with one attached hydrogen (secondary N) is 1. The van der Waals surface area contributed by atoms with Crippen LogP contribution in [0.1, 0.15) is 37.8 Å². The van der Waals surface area contributed by atoms with Gasteiger partial charge in [-0.2, -0.15) is 0 Å². The van der Waals surface area contributed by atoms with Crippen molar-refractivity contribution in [2.24, 2.45) is 11.8 Å². The summed E-state index contributed by atoms with van der Waals surface area (Å²) in [7, 11) is 0. The Balaban J connectivity index is 1.93. The highest BCUT2D eigenvalue weighted by atomic mass is 16.5. The van der Waals surface area contributed by atoms with Crippen LogP contribution in [0.15, 0.2) is 18.2 Å². The molecule has 2 heteroatoms. The maximum atomic E-state index is 5.93. The van der Waals surface area contributed by atoms with Crippen LogP contribution in [0.25, 0.3) is 0 Å². The summed E-state index contributed by atoms with van der Waals surface area (Å²) in [6, 6.07) is 6.48. The molecule has 1 saturated carbocycles. The lowest BCUT2D eigenvalue weighted by Gasteiger charge is -2.14. The van der Waals surface area contributed by atoms with Crippen molar-refractivity contribution in [1.82, 2.24) is 5.32 Å². The maximum Gasteiger partial charge on any atom is 0.123 e. The molecule has 2 nitrogen and oxygen atoms in total. The van der Waals surface area contributed by atoms with Crippen LogP contribution in [0.2, 0.25) is 0 Å². The summed E-state index contributed by atoms with van der Waals surface area (Å²) in [6.45, 7) is 9.44. The van der Waals surface area contributed by atoms with Crippen molar-refractivity contribution in [2.75, 3.05) is 13.2 Å². The number of hydrogen-bond acceptors (Lipinski definition) is 2. The van der Waals surface area contributed by atoms with Gasteiger partial charge in [0.05, 0.1) is 6.61 Å². The fourth-order valence-electron chi connectivity index (χ4n) is 1.97. The third-order valence-corrected chi connectivity index (χ3v) is 3.26. The van der Waals surface area contributed by atoms with Crippen LogP contribution in [-0.2, 0) is 6.54 Å². The molecule has 1 aromatic rings. The Morgan fingerprint density at radius 3 is 2.78 bits per heavy atom. The predicted molar refractivity (Wildman–Crippen MR) is 75.9 cm³/mol. The Bertz CT molecular complexity index is 383. The molecule has 1 N–H and O–H groups in total. The van der Waals surface area contributed by atoms with Gasteiger partial charge >= 0.3 is 0 Å². The quantitative estimate of drug-likeness (QED) is 0.796. The van der Waals surface area contributed by atoms with Gasteiger partial charge in [0.25, 0.3) is 0 Å². The van der Waals surface area contributed by atoms with Crippen molar-refractivity contribution in [3.8, 4) is 5.75 Å². The van der Waals surface area contributed by atoms with E-state index in [1.165, 1.54) is 24.0 Å². The largest absolute Gasteiger partial charge is 0.493 e. The highest BCUT2D eigenvalue weighted by Crippen LogP contribution is 2.30. The molecule has 0 saturated heterocycles.